The molecule has 0 aliphatic carbocycles. The number of hydrogen-bond acceptors (Lipinski definition) is 3. The van der Waals surface area contributed by atoms with Gasteiger partial charge in [-0.05, 0) is 48.0 Å². The lowest BCUT2D eigenvalue weighted by Gasteiger charge is -2.16. The number of benzene rings is 7. The molecule has 0 atom stereocenters. The minimum Gasteiger partial charge on any atom is -0.450 e. The molecule has 0 fully saturated rings. The molecule has 0 aliphatic heterocycles. The van der Waals surface area contributed by atoms with Gasteiger partial charge in [-0.25, -0.2) is 9.97 Å². The van der Waals surface area contributed by atoms with Crippen molar-refractivity contribution < 1.29 is 4.42 Å². The smallest absolute Gasteiger partial charge is 0.197 e. The van der Waals surface area contributed by atoms with E-state index in [0.29, 0.717) is 17.2 Å². The predicted octanol–water partition coefficient (Wildman–Crippen LogP) is 11.9. The molecule has 51 heavy (non-hydrogen) atoms. The van der Waals surface area contributed by atoms with Gasteiger partial charge in [0.15, 0.2) is 17.2 Å². The lowest BCUT2D eigenvalue weighted by atomic mass is 10.0. The average Bonchev–Trinajstić information content (AvgIpc) is 3.86. The van der Waals surface area contributed by atoms with Gasteiger partial charge < -0.3 is 8.98 Å². The summed E-state index contributed by atoms with van der Waals surface area (Å²) in [5.41, 5.74) is 10.9. The average molecular weight is 653 g/mol. The fourth-order valence-electron chi connectivity index (χ4n) is 7.98. The first-order valence-electron chi connectivity index (χ1n) is 17.2. The van der Waals surface area contributed by atoms with Gasteiger partial charge in [0, 0.05) is 38.1 Å². The van der Waals surface area contributed by atoms with E-state index in [1.54, 1.807) is 0 Å². The maximum atomic E-state index is 6.63. The van der Waals surface area contributed by atoms with Crippen molar-refractivity contribution in [1.29, 1.82) is 0 Å². The van der Waals surface area contributed by atoms with Crippen LogP contribution < -0.4 is 0 Å². The molecule has 0 spiro atoms. The summed E-state index contributed by atoms with van der Waals surface area (Å²) in [4.78, 5) is 10.8. The molecule has 7 aromatic carbocycles. The molecule has 0 aliphatic rings. The molecule has 5 nitrogen and oxygen atoms in total. The Kier molecular flexibility index (Phi) is 5.89. The third-order valence-corrected chi connectivity index (χ3v) is 10.2. The summed E-state index contributed by atoms with van der Waals surface area (Å²) in [6, 6.07) is 59.5. The van der Waals surface area contributed by atoms with Gasteiger partial charge in [0.25, 0.3) is 0 Å². The van der Waals surface area contributed by atoms with E-state index >= 15 is 0 Å². The first-order valence-corrected chi connectivity index (χ1v) is 17.2. The minimum atomic E-state index is 0.629. The number of nitrogens with zero attached hydrogens (tertiary/aromatic N) is 4. The van der Waals surface area contributed by atoms with E-state index in [0.717, 1.165) is 60.6 Å². The highest BCUT2D eigenvalue weighted by molar-refractivity contribution is 6.15. The molecule has 0 radical (unpaired) electrons. The molecule has 5 heteroatoms. The molecule has 0 N–H and O–H groups in total. The molecule has 4 heterocycles. The molecule has 0 unspecified atom stereocenters. The molecule has 0 amide bonds. The van der Waals surface area contributed by atoms with Crippen molar-refractivity contribution in [3.8, 4) is 34.0 Å². The van der Waals surface area contributed by atoms with Gasteiger partial charge in [0.05, 0.1) is 27.8 Å². The van der Waals surface area contributed by atoms with E-state index in [9.17, 15) is 0 Å². The van der Waals surface area contributed by atoms with Crippen molar-refractivity contribution >= 4 is 65.7 Å². The highest BCUT2D eigenvalue weighted by Gasteiger charge is 2.24. The minimum absolute atomic E-state index is 0.629. The Morgan fingerprint density at radius 1 is 0.412 bits per heavy atom. The van der Waals surface area contributed by atoms with Crippen molar-refractivity contribution in [2.75, 3.05) is 0 Å². The maximum absolute atomic E-state index is 6.63. The van der Waals surface area contributed by atoms with Crippen LogP contribution in [0.5, 0.6) is 0 Å². The standard InChI is InChI=1S/C46H28N4O/c1-2-15-29(16-3-1)30-22-14-23-34-33-19-6-9-24-37(33)49(43(30)34)40-27-12-7-20-35(40)45-47-42-36-21-8-13-28-41(36)51-44(42)46(48-45)50-38-25-10-4-17-31(38)32-18-5-11-26-39(32)50/h1-28H. The molecular formula is C46H28N4O. The third-order valence-electron chi connectivity index (χ3n) is 10.2. The highest BCUT2D eigenvalue weighted by Crippen LogP contribution is 2.42. The second-order valence-electron chi connectivity index (χ2n) is 13.0. The summed E-state index contributed by atoms with van der Waals surface area (Å²) in [6.45, 7) is 0. The van der Waals surface area contributed by atoms with E-state index in [4.69, 9.17) is 14.4 Å². The monoisotopic (exact) mass is 652 g/mol. The highest BCUT2D eigenvalue weighted by atomic mass is 16.3. The Hall–Kier alpha value is -6.98. The van der Waals surface area contributed by atoms with Crippen molar-refractivity contribution in [3.05, 3.63) is 170 Å². The van der Waals surface area contributed by atoms with Crippen LogP contribution in [0.2, 0.25) is 0 Å². The summed E-state index contributed by atoms with van der Waals surface area (Å²) in [7, 11) is 0. The SMILES string of the molecule is c1ccc(-c2cccc3c4ccccc4n(-c4ccccc4-c4nc(-n5c6ccccc6c6ccccc65)c5oc6ccccc6c5n4)c23)cc1. The number of para-hydroxylation sites is 6. The van der Waals surface area contributed by atoms with Gasteiger partial charge in [-0.15, -0.1) is 0 Å². The quantitative estimate of drug-likeness (QED) is 0.190. The van der Waals surface area contributed by atoms with Crippen LogP contribution in [-0.4, -0.2) is 19.1 Å². The number of rotatable bonds is 4. The lowest BCUT2D eigenvalue weighted by Crippen LogP contribution is -2.04. The molecule has 0 saturated heterocycles. The summed E-state index contributed by atoms with van der Waals surface area (Å²) in [5, 5.41) is 5.68. The summed E-state index contributed by atoms with van der Waals surface area (Å²) in [6.07, 6.45) is 0. The van der Waals surface area contributed by atoms with E-state index in [1.807, 2.05) is 18.2 Å². The van der Waals surface area contributed by atoms with Gasteiger partial charge in [-0.1, -0.05) is 127 Å². The molecular weight excluding hydrogens is 625 g/mol. The van der Waals surface area contributed by atoms with Crippen LogP contribution in [0.4, 0.5) is 0 Å². The van der Waals surface area contributed by atoms with E-state index in [-0.39, 0.29) is 0 Å². The van der Waals surface area contributed by atoms with Crippen molar-refractivity contribution in [2.24, 2.45) is 0 Å². The molecule has 0 saturated carbocycles. The van der Waals surface area contributed by atoms with Crippen LogP contribution in [0, 0.1) is 0 Å². The van der Waals surface area contributed by atoms with E-state index < -0.39 is 0 Å². The van der Waals surface area contributed by atoms with Crippen molar-refractivity contribution in [3.63, 3.8) is 0 Å². The summed E-state index contributed by atoms with van der Waals surface area (Å²) < 4.78 is 11.3. The number of furan rings is 1. The Labute approximate surface area is 292 Å². The van der Waals surface area contributed by atoms with E-state index in [2.05, 4.69) is 161 Å². The maximum Gasteiger partial charge on any atom is 0.197 e. The van der Waals surface area contributed by atoms with Crippen LogP contribution in [0.15, 0.2) is 174 Å². The topological polar surface area (TPSA) is 48.8 Å². The van der Waals surface area contributed by atoms with Gasteiger partial charge in [-0.2, -0.15) is 0 Å². The largest absolute Gasteiger partial charge is 0.450 e. The Balaban J connectivity index is 1.27. The van der Waals surface area contributed by atoms with Gasteiger partial charge in [-0.3, -0.25) is 4.57 Å². The summed E-state index contributed by atoms with van der Waals surface area (Å²) >= 11 is 0. The van der Waals surface area contributed by atoms with Crippen molar-refractivity contribution in [1.82, 2.24) is 19.1 Å². The Bertz CT molecular complexity index is 3090. The molecule has 11 rings (SSSR count). The van der Waals surface area contributed by atoms with Gasteiger partial charge >= 0.3 is 0 Å². The molecule has 11 aromatic rings. The molecule has 0 bridgehead atoms. The van der Waals surface area contributed by atoms with Gasteiger partial charge in [0.1, 0.15) is 11.1 Å². The number of aromatic nitrogens is 4. The third kappa shape index (κ3) is 4.03. The zero-order chi connectivity index (χ0) is 33.5. The van der Waals surface area contributed by atoms with Crippen molar-refractivity contribution in [2.45, 2.75) is 0 Å². The van der Waals surface area contributed by atoms with Crippen LogP contribution in [0.1, 0.15) is 0 Å². The van der Waals surface area contributed by atoms with Crippen LogP contribution >= 0.6 is 0 Å². The Morgan fingerprint density at radius 3 is 1.71 bits per heavy atom. The zero-order valence-corrected chi connectivity index (χ0v) is 27.4. The van der Waals surface area contributed by atoms with Crippen LogP contribution in [-0.2, 0) is 0 Å². The fraction of sp³-hybridized carbons (Fsp3) is 0. The van der Waals surface area contributed by atoms with E-state index in [1.165, 1.54) is 21.9 Å². The number of hydrogen-bond donors (Lipinski definition) is 0. The number of fused-ring (bicyclic) bond motifs is 9. The first kappa shape index (κ1) is 27.9. The predicted molar refractivity (Wildman–Crippen MR) is 209 cm³/mol. The van der Waals surface area contributed by atoms with Crippen LogP contribution in [0.3, 0.4) is 0 Å². The van der Waals surface area contributed by atoms with Gasteiger partial charge in [0.2, 0.25) is 0 Å². The molecule has 4 aromatic heterocycles. The second kappa shape index (κ2) is 10.8. The normalized spacial score (nSPS) is 11.9. The van der Waals surface area contributed by atoms with Crippen LogP contribution in [0.25, 0.3) is 99.7 Å². The zero-order valence-electron chi connectivity index (χ0n) is 27.4. The molecule has 238 valence electrons. The fourth-order valence-corrected chi connectivity index (χ4v) is 7.98. The lowest BCUT2D eigenvalue weighted by molar-refractivity contribution is 0.662. The Morgan fingerprint density at radius 2 is 0.961 bits per heavy atom. The summed E-state index contributed by atoms with van der Waals surface area (Å²) in [5.74, 6) is 1.34. The first-order chi connectivity index (χ1) is 25.3. The second-order valence-corrected chi connectivity index (χ2v) is 13.0.